The second kappa shape index (κ2) is 9.61. The summed E-state index contributed by atoms with van der Waals surface area (Å²) in [7, 11) is 1.66. The maximum Gasteiger partial charge on any atom is 0.320 e. The zero-order chi connectivity index (χ0) is 23.5. The van der Waals surface area contributed by atoms with Gasteiger partial charge in [0.2, 0.25) is 0 Å². The van der Waals surface area contributed by atoms with Crippen molar-refractivity contribution in [2.24, 2.45) is 5.73 Å². The minimum Gasteiger partial charge on any atom is -0.496 e. The fourth-order valence-electron chi connectivity index (χ4n) is 4.83. The van der Waals surface area contributed by atoms with Gasteiger partial charge in [-0.15, -0.1) is 0 Å². The largest absolute Gasteiger partial charge is 0.496 e. The molecule has 1 unspecified atom stereocenters. The number of aromatic nitrogens is 1. The average Bonchev–Trinajstić information content (AvgIpc) is 3.15. The first kappa shape index (κ1) is 22.6. The van der Waals surface area contributed by atoms with Crippen LogP contribution < -0.4 is 15.8 Å². The number of carbonyl (C=O) groups excluding carboxylic acids is 1. The number of fused-ring (bicyclic) bond motifs is 1. The van der Waals surface area contributed by atoms with Crippen LogP contribution in [-0.2, 0) is 4.74 Å². The molecule has 0 saturated carbocycles. The fraction of sp³-hybridized carbons (Fsp3) is 0.440. The third-order valence-electron chi connectivity index (χ3n) is 6.74. The summed E-state index contributed by atoms with van der Waals surface area (Å²) in [6.45, 7) is 5.37. The molecule has 3 aliphatic heterocycles. The number of methoxy groups -OCH3 is 1. The maximum absolute atomic E-state index is 12.9. The lowest BCUT2D eigenvalue weighted by Gasteiger charge is -2.42. The van der Waals surface area contributed by atoms with E-state index in [1.165, 1.54) is 0 Å². The molecule has 5 rings (SSSR count). The van der Waals surface area contributed by atoms with Crippen molar-refractivity contribution in [3.05, 3.63) is 48.2 Å². The van der Waals surface area contributed by atoms with Crippen LogP contribution in [0.3, 0.4) is 0 Å². The van der Waals surface area contributed by atoms with Crippen molar-refractivity contribution in [1.82, 2.24) is 19.7 Å². The molecular formula is C25H32N6O3. The Labute approximate surface area is 200 Å². The number of nitrogens with one attached hydrogen (secondary N) is 1. The first-order valence-electron chi connectivity index (χ1n) is 11.8. The molecule has 3 N–H and O–H groups in total. The predicted molar refractivity (Wildman–Crippen MR) is 131 cm³/mol. The van der Waals surface area contributed by atoms with Crippen LogP contribution >= 0.6 is 0 Å². The number of anilines is 1. The van der Waals surface area contributed by atoms with Crippen LogP contribution in [0.25, 0.3) is 17.3 Å². The Bertz CT molecular complexity index is 1060. The number of nitrogens with zero attached hydrogens (tertiary/aromatic N) is 4. The van der Waals surface area contributed by atoms with Gasteiger partial charge < -0.3 is 24.6 Å². The highest BCUT2D eigenvalue weighted by molar-refractivity contribution is 5.81. The number of ether oxygens (including phenoxy) is 2. The third kappa shape index (κ3) is 4.46. The van der Waals surface area contributed by atoms with Gasteiger partial charge in [0.15, 0.2) is 5.79 Å². The summed E-state index contributed by atoms with van der Waals surface area (Å²) in [5, 5.41) is 3.52. The smallest absolute Gasteiger partial charge is 0.320 e. The van der Waals surface area contributed by atoms with Crippen LogP contribution in [-0.4, -0.2) is 91.1 Å². The highest BCUT2D eigenvalue weighted by Crippen LogP contribution is 2.38. The zero-order valence-corrected chi connectivity index (χ0v) is 19.6. The summed E-state index contributed by atoms with van der Waals surface area (Å²) in [6.07, 6.45) is 6.70. The van der Waals surface area contributed by atoms with Gasteiger partial charge in [0.25, 0.3) is 0 Å². The number of hydrogen-bond acceptors (Lipinski definition) is 7. The standard InChI is InChI=1S/C25H32N6O3/c1-33-23-18-22-19(17-20(23)21-5-2-3-8-27-21)6-7-25(26,28-22)31-10-4-9-29(11-12-31)24(32)30-13-15-34-16-14-30/h2-3,5-8,17-18,28H,4,9-16,26H2,1H3. The van der Waals surface area contributed by atoms with E-state index in [2.05, 4.69) is 27.3 Å². The van der Waals surface area contributed by atoms with Crippen LogP contribution in [0, 0.1) is 0 Å². The van der Waals surface area contributed by atoms with Gasteiger partial charge in [-0.2, -0.15) is 0 Å². The maximum atomic E-state index is 12.9. The number of hydrogen-bond donors (Lipinski definition) is 2. The summed E-state index contributed by atoms with van der Waals surface area (Å²) >= 11 is 0. The molecular weight excluding hydrogens is 432 g/mol. The molecule has 2 aromatic rings. The van der Waals surface area contributed by atoms with Crippen LogP contribution in [0.4, 0.5) is 10.5 Å². The Kier molecular flexibility index (Phi) is 6.40. The highest BCUT2D eigenvalue weighted by Gasteiger charge is 2.35. The molecule has 180 valence electrons. The Balaban J connectivity index is 1.32. The molecule has 2 amide bonds. The van der Waals surface area contributed by atoms with Crippen LogP contribution in [0.2, 0.25) is 0 Å². The van der Waals surface area contributed by atoms with E-state index in [1.807, 2.05) is 40.1 Å². The molecule has 34 heavy (non-hydrogen) atoms. The molecule has 1 aromatic heterocycles. The average molecular weight is 465 g/mol. The summed E-state index contributed by atoms with van der Waals surface area (Å²) in [6, 6.07) is 9.99. The predicted octanol–water partition coefficient (Wildman–Crippen LogP) is 2.27. The van der Waals surface area contributed by atoms with E-state index in [1.54, 1.807) is 13.3 Å². The molecule has 0 spiro atoms. The van der Waals surface area contributed by atoms with Gasteiger partial charge in [-0.1, -0.05) is 12.1 Å². The molecule has 1 atom stereocenters. The van der Waals surface area contributed by atoms with E-state index in [0.29, 0.717) is 39.4 Å². The number of urea groups is 1. The van der Waals surface area contributed by atoms with Crippen molar-refractivity contribution in [3.8, 4) is 17.0 Å². The van der Waals surface area contributed by atoms with Crippen molar-refractivity contribution in [1.29, 1.82) is 0 Å². The lowest BCUT2D eigenvalue weighted by Crippen LogP contribution is -2.62. The van der Waals surface area contributed by atoms with Crippen molar-refractivity contribution < 1.29 is 14.3 Å². The monoisotopic (exact) mass is 464 g/mol. The summed E-state index contributed by atoms with van der Waals surface area (Å²) in [5.41, 5.74) is 10.6. The lowest BCUT2D eigenvalue weighted by atomic mass is 9.99. The van der Waals surface area contributed by atoms with E-state index in [0.717, 1.165) is 47.8 Å². The van der Waals surface area contributed by atoms with Gasteiger partial charge in [-0.3, -0.25) is 15.6 Å². The quantitative estimate of drug-likeness (QED) is 0.719. The minimum absolute atomic E-state index is 0.0977. The zero-order valence-electron chi connectivity index (χ0n) is 19.6. The highest BCUT2D eigenvalue weighted by atomic mass is 16.5. The lowest BCUT2D eigenvalue weighted by molar-refractivity contribution is 0.0433. The number of carbonyl (C=O) groups is 1. The Morgan fingerprint density at radius 1 is 1.12 bits per heavy atom. The van der Waals surface area contributed by atoms with Gasteiger partial charge in [0.05, 0.1) is 26.0 Å². The van der Waals surface area contributed by atoms with Crippen molar-refractivity contribution in [3.63, 3.8) is 0 Å². The molecule has 9 heteroatoms. The first-order valence-corrected chi connectivity index (χ1v) is 11.8. The van der Waals surface area contributed by atoms with Gasteiger partial charge in [0.1, 0.15) is 5.75 Å². The number of amides is 2. The van der Waals surface area contributed by atoms with E-state index in [9.17, 15) is 4.79 Å². The normalized spacial score (nSPS) is 23.1. The third-order valence-corrected chi connectivity index (χ3v) is 6.74. The van der Waals surface area contributed by atoms with E-state index in [4.69, 9.17) is 15.2 Å². The Hall–Kier alpha value is -3.14. The second-order valence-corrected chi connectivity index (χ2v) is 8.85. The second-order valence-electron chi connectivity index (χ2n) is 8.85. The number of benzene rings is 1. The summed E-state index contributed by atoms with van der Waals surface area (Å²) < 4.78 is 11.1. The van der Waals surface area contributed by atoms with Gasteiger partial charge in [-0.05, 0) is 36.3 Å². The topological polar surface area (TPSA) is 96.2 Å². The van der Waals surface area contributed by atoms with Gasteiger partial charge in [0, 0.05) is 62.8 Å². The van der Waals surface area contributed by atoms with E-state index < -0.39 is 5.79 Å². The van der Waals surface area contributed by atoms with Crippen LogP contribution in [0.15, 0.2) is 42.6 Å². The molecule has 1 aromatic carbocycles. The van der Waals surface area contributed by atoms with Crippen LogP contribution in [0.5, 0.6) is 5.75 Å². The number of pyridine rings is 1. The van der Waals surface area contributed by atoms with E-state index in [-0.39, 0.29) is 6.03 Å². The van der Waals surface area contributed by atoms with Gasteiger partial charge >= 0.3 is 6.03 Å². The van der Waals surface area contributed by atoms with Crippen molar-refractivity contribution in [2.45, 2.75) is 12.2 Å². The summed E-state index contributed by atoms with van der Waals surface area (Å²) in [4.78, 5) is 23.5. The molecule has 9 nitrogen and oxygen atoms in total. The van der Waals surface area contributed by atoms with E-state index >= 15 is 0 Å². The molecule has 3 aliphatic rings. The van der Waals surface area contributed by atoms with Gasteiger partial charge in [-0.25, -0.2) is 4.79 Å². The fourth-order valence-corrected chi connectivity index (χ4v) is 4.83. The Morgan fingerprint density at radius 3 is 2.71 bits per heavy atom. The molecule has 0 radical (unpaired) electrons. The molecule has 2 fully saturated rings. The minimum atomic E-state index is -0.845. The summed E-state index contributed by atoms with van der Waals surface area (Å²) in [5.74, 6) is -0.108. The molecule has 4 heterocycles. The molecule has 0 aliphatic carbocycles. The number of rotatable bonds is 3. The molecule has 0 bridgehead atoms. The van der Waals surface area contributed by atoms with Crippen molar-refractivity contribution >= 4 is 17.8 Å². The first-order chi connectivity index (χ1) is 16.6. The molecule has 2 saturated heterocycles. The Morgan fingerprint density at radius 2 is 1.94 bits per heavy atom. The van der Waals surface area contributed by atoms with Crippen LogP contribution in [0.1, 0.15) is 12.0 Å². The number of morpholine rings is 1. The SMILES string of the molecule is COc1cc2c(cc1-c1ccccn1)C=CC(N)(N1CCCN(C(=O)N3CCOCC3)CC1)N2. The van der Waals surface area contributed by atoms with Crippen molar-refractivity contribution in [2.75, 3.05) is 64.9 Å². The number of nitrogens with two attached hydrogens (primary N) is 1.